The highest BCUT2D eigenvalue weighted by atomic mass is 16.4. The average Bonchev–Trinajstić information content (AvgIpc) is 3.32. The standard InChI is InChI=1S/C16H15N3O.C4H4O4/c20-16(10-5-6-14-15(7-10)19-9-18-14)12-8-17-13-4-2-1-3-11(12)13;5-3(6)1-2-4(7)8/h1-4,8-10,17H,5-7H2,(H,18,19);1-2H,(H,5,6)(H,7,8)/b;2-1+. The number of aromatic amines is 2. The number of fused-ring (bicyclic) bond motifs is 2. The smallest absolute Gasteiger partial charge is 0.328 e. The summed E-state index contributed by atoms with van der Waals surface area (Å²) in [7, 11) is 0. The summed E-state index contributed by atoms with van der Waals surface area (Å²) < 4.78 is 0. The summed E-state index contributed by atoms with van der Waals surface area (Å²) in [6, 6.07) is 7.95. The Bertz CT molecular complexity index is 1030. The molecule has 3 aromatic rings. The number of carboxylic acids is 2. The van der Waals surface area contributed by atoms with Gasteiger partial charge < -0.3 is 20.2 Å². The topological polar surface area (TPSA) is 136 Å². The third kappa shape index (κ3) is 4.35. The number of hydrogen-bond donors (Lipinski definition) is 4. The van der Waals surface area contributed by atoms with Crippen LogP contribution in [0.2, 0.25) is 0 Å². The van der Waals surface area contributed by atoms with Gasteiger partial charge in [-0.3, -0.25) is 4.79 Å². The van der Waals surface area contributed by atoms with E-state index in [4.69, 9.17) is 10.2 Å². The number of rotatable bonds is 4. The summed E-state index contributed by atoms with van der Waals surface area (Å²) in [5.41, 5.74) is 4.07. The Hall–Kier alpha value is -3.68. The molecule has 144 valence electrons. The van der Waals surface area contributed by atoms with Crippen molar-refractivity contribution in [2.45, 2.75) is 19.3 Å². The highest BCUT2D eigenvalue weighted by Gasteiger charge is 2.28. The third-order valence-electron chi connectivity index (χ3n) is 4.58. The number of carbonyl (C=O) groups excluding carboxylic acids is 1. The number of imidazole rings is 1. The van der Waals surface area contributed by atoms with Crippen LogP contribution in [0, 0.1) is 5.92 Å². The minimum Gasteiger partial charge on any atom is -0.478 e. The predicted octanol–water partition coefficient (Wildman–Crippen LogP) is 2.59. The number of nitrogens with one attached hydrogen (secondary N) is 2. The number of carbonyl (C=O) groups is 3. The molecule has 8 nitrogen and oxygen atoms in total. The Kier molecular flexibility index (Phi) is 5.69. The van der Waals surface area contributed by atoms with Gasteiger partial charge in [0.1, 0.15) is 0 Å². The Morgan fingerprint density at radius 2 is 1.79 bits per heavy atom. The molecule has 1 aliphatic carbocycles. The second-order valence-corrected chi connectivity index (χ2v) is 6.39. The molecule has 1 aromatic carbocycles. The number of hydrogen-bond acceptors (Lipinski definition) is 4. The molecule has 0 radical (unpaired) electrons. The molecule has 2 heterocycles. The van der Waals surface area contributed by atoms with Gasteiger partial charge in [-0.15, -0.1) is 0 Å². The number of ketones is 1. The number of H-pyrrole nitrogens is 2. The van der Waals surface area contributed by atoms with Crippen LogP contribution in [0.5, 0.6) is 0 Å². The first-order valence-electron chi connectivity index (χ1n) is 8.71. The van der Waals surface area contributed by atoms with Gasteiger partial charge >= 0.3 is 11.9 Å². The maximum absolute atomic E-state index is 12.8. The van der Waals surface area contributed by atoms with Gasteiger partial charge in [0.05, 0.1) is 12.0 Å². The maximum Gasteiger partial charge on any atom is 0.328 e. The van der Waals surface area contributed by atoms with Crippen LogP contribution in [-0.4, -0.2) is 42.9 Å². The predicted molar refractivity (Wildman–Crippen MR) is 101 cm³/mol. The van der Waals surface area contributed by atoms with Gasteiger partial charge in [-0.1, -0.05) is 18.2 Å². The van der Waals surface area contributed by atoms with Crippen LogP contribution < -0.4 is 0 Å². The molecule has 1 aliphatic rings. The molecule has 0 aliphatic heterocycles. The lowest BCUT2D eigenvalue weighted by atomic mass is 9.84. The number of carboxylic acid groups (broad SMARTS) is 2. The fourth-order valence-corrected chi connectivity index (χ4v) is 3.26. The molecule has 4 rings (SSSR count). The highest BCUT2D eigenvalue weighted by Crippen LogP contribution is 2.28. The third-order valence-corrected chi connectivity index (χ3v) is 4.58. The molecule has 0 saturated heterocycles. The molecule has 8 heteroatoms. The number of para-hydroxylation sites is 1. The monoisotopic (exact) mass is 381 g/mol. The largest absolute Gasteiger partial charge is 0.478 e. The molecule has 0 fully saturated rings. The van der Waals surface area contributed by atoms with Gasteiger partial charge in [0.25, 0.3) is 0 Å². The van der Waals surface area contributed by atoms with E-state index in [9.17, 15) is 14.4 Å². The van der Waals surface area contributed by atoms with Gasteiger partial charge in [0, 0.05) is 46.4 Å². The van der Waals surface area contributed by atoms with Crippen LogP contribution in [0.1, 0.15) is 28.2 Å². The lowest BCUT2D eigenvalue weighted by Gasteiger charge is -2.19. The summed E-state index contributed by atoms with van der Waals surface area (Å²) in [6.45, 7) is 0. The minimum absolute atomic E-state index is 0.0576. The van der Waals surface area contributed by atoms with E-state index in [0.717, 1.165) is 47.1 Å². The van der Waals surface area contributed by atoms with E-state index in [-0.39, 0.29) is 11.7 Å². The normalized spacial score (nSPS) is 15.6. The second kappa shape index (κ2) is 8.34. The highest BCUT2D eigenvalue weighted by molar-refractivity contribution is 6.09. The van der Waals surface area contributed by atoms with Crippen LogP contribution in [-0.2, 0) is 22.4 Å². The molecule has 0 saturated carbocycles. The number of nitrogens with zero attached hydrogens (tertiary/aromatic N) is 1. The summed E-state index contributed by atoms with van der Waals surface area (Å²) in [6.07, 6.45) is 7.23. The van der Waals surface area contributed by atoms with Crippen molar-refractivity contribution in [2.75, 3.05) is 0 Å². The van der Waals surface area contributed by atoms with Crippen molar-refractivity contribution in [3.63, 3.8) is 0 Å². The SMILES string of the molecule is O=C(O)/C=C/C(=O)O.O=C(c1c[nH]c2ccccc12)C1CCc2nc[nH]c2C1. The lowest BCUT2D eigenvalue weighted by molar-refractivity contribution is -0.134. The van der Waals surface area contributed by atoms with E-state index in [1.54, 1.807) is 6.33 Å². The summed E-state index contributed by atoms with van der Waals surface area (Å²) in [4.78, 5) is 42.5. The average molecular weight is 381 g/mol. The summed E-state index contributed by atoms with van der Waals surface area (Å²) in [5.74, 6) is -2.22. The first kappa shape index (κ1) is 19.1. The van der Waals surface area contributed by atoms with Crippen LogP contribution >= 0.6 is 0 Å². The van der Waals surface area contributed by atoms with Crippen molar-refractivity contribution in [2.24, 2.45) is 5.92 Å². The molecule has 0 bridgehead atoms. The fourth-order valence-electron chi connectivity index (χ4n) is 3.26. The van der Waals surface area contributed by atoms with Crippen molar-refractivity contribution in [3.05, 3.63) is 65.9 Å². The lowest BCUT2D eigenvalue weighted by Crippen LogP contribution is -2.22. The van der Waals surface area contributed by atoms with E-state index < -0.39 is 11.9 Å². The zero-order valence-electron chi connectivity index (χ0n) is 14.9. The number of aromatic nitrogens is 3. The molecule has 2 aromatic heterocycles. The number of benzene rings is 1. The van der Waals surface area contributed by atoms with Crippen molar-refractivity contribution in [1.29, 1.82) is 0 Å². The molecular formula is C20H19N3O5. The van der Waals surface area contributed by atoms with Crippen molar-refractivity contribution < 1.29 is 24.6 Å². The molecule has 4 N–H and O–H groups in total. The molecule has 0 spiro atoms. The van der Waals surface area contributed by atoms with E-state index >= 15 is 0 Å². The number of aliphatic carboxylic acids is 2. The first-order valence-corrected chi connectivity index (χ1v) is 8.71. The summed E-state index contributed by atoms with van der Waals surface area (Å²) >= 11 is 0. The molecular weight excluding hydrogens is 362 g/mol. The van der Waals surface area contributed by atoms with Crippen molar-refractivity contribution in [3.8, 4) is 0 Å². The van der Waals surface area contributed by atoms with E-state index in [1.807, 2.05) is 30.5 Å². The van der Waals surface area contributed by atoms with Gasteiger partial charge in [-0.05, 0) is 25.3 Å². The van der Waals surface area contributed by atoms with Crippen LogP contribution in [0.25, 0.3) is 10.9 Å². The van der Waals surface area contributed by atoms with Gasteiger partial charge in [0.2, 0.25) is 0 Å². The minimum atomic E-state index is -1.26. The Balaban J connectivity index is 0.000000242. The molecule has 1 atom stereocenters. The summed E-state index contributed by atoms with van der Waals surface area (Å²) in [5, 5.41) is 16.6. The first-order chi connectivity index (χ1) is 13.5. The molecule has 0 amide bonds. The zero-order chi connectivity index (χ0) is 20.1. The van der Waals surface area contributed by atoms with Gasteiger partial charge in [0.15, 0.2) is 5.78 Å². The molecule has 1 unspecified atom stereocenters. The Labute approximate surface area is 159 Å². The van der Waals surface area contributed by atoms with Gasteiger partial charge in [-0.2, -0.15) is 0 Å². The van der Waals surface area contributed by atoms with Crippen LogP contribution in [0.3, 0.4) is 0 Å². The second-order valence-electron chi connectivity index (χ2n) is 6.39. The quantitative estimate of drug-likeness (QED) is 0.405. The number of aryl methyl sites for hydroxylation is 1. The van der Waals surface area contributed by atoms with E-state index in [0.29, 0.717) is 12.2 Å². The van der Waals surface area contributed by atoms with E-state index in [2.05, 4.69) is 15.0 Å². The Morgan fingerprint density at radius 3 is 2.50 bits per heavy atom. The van der Waals surface area contributed by atoms with Crippen LogP contribution in [0.4, 0.5) is 0 Å². The van der Waals surface area contributed by atoms with Crippen LogP contribution in [0.15, 0.2) is 48.9 Å². The van der Waals surface area contributed by atoms with Crippen molar-refractivity contribution in [1.82, 2.24) is 15.0 Å². The number of Topliss-reactive ketones (excluding diaryl/α,β-unsaturated/α-hetero) is 1. The molecule has 28 heavy (non-hydrogen) atoms. The van der Waals surface area contributed by atoms with E-state index in [1.165, 1.54) is 0 Å². The van der Waals surface area contributed by atoms with Crippen molar-refractivity contribution >= 4 is 28.6 Å². The fraction of sp³-hybridized carbons (Fsp3) is 0.200. The van der Waals surface area contributed by atoms with Gasteiger partial charge in [-0.25, -0.2) is 14.6 Å². The maximum atomic E-state index is 12.8. The Morgan fingerprint density at radius 1 is 1.07 bits per heavy atom. The zero-order valence-corrected chi connectivity index (χ0v) is 14.9.